The van der Waals surface area contributed by atoms with E-state index >= 15 is 0 Å². The Kier molecular flexibility index (Phi) is 3.35. The molecule has 1 aromatic rings. The number of hydrogen-bond donors (Lipinski definition) is 2. The van der Waals surface area contributed by atoms with Crippen molar-refractivity contribution in [3.63, 3.8) is 0 Å². The molecule has 1 fully saturated rings. The minimum absolute atomic E-state index is 0.101. The van der Waals surface area contributed by atoms with Crippen LogP contribution >= 0.6 is 0 Å². The molecule has 6 heteroatoms. The van der Waals surface area contributed by atoms with Gasteiger partial charge in [-0.3, -0.25) is 0 Å². The molecule has 0 radical (unpaired) electrons. The summed E-state index contributed by atoms with van der Waals surface area (Å²) in [6, 6.07) is 4.20. The number of halogens is 1. The van der Waals surface area contributed by atoms with Gasteiger partial charge in [-0.15, -0.1) is 0 Å². The quantitative estimate of drug-likeness (QED) is 0.844. The van der Waals surface area contributed by atoms with E-state index in [1.165, 1.54) is 12.1 Å². The molecule has 4 nitrogen and oxygen atoms in total. The second-order valence-electron chi connectivity index (χ2n) is 4.25. The molecular weight excluding hydrogens is 243 g/mol. The van der Waals surface area contributed by atoms with Gasteiger partial charge in [-0.05, 0) is 30.2 Å². The van der Waals surface area contributed by atoms with Crippen molar-refractivity contribution in [3.8, 4) is 0 Å². The summed E-state index contributed by atoms with van der Waals surface area (Å²) in [7, 11) is -2.91. The van der Waals surface area contributed by atoms with Gasteiger partial charge in [0.2, 0.25) is 0 Å². The monoisotopic (exact) mass is 258 g/mol. The lowest BCUT2D eigenvalue weighted by atomic mass is 10.1. The van der Waals surface area contributed by atoms with Crippen LogP contribution in [-0.4, -0.2) is 26.0 Å². The van der Waals surface area contributed by atoms with Gasteiger partial charge in [0.05, 0.1) is 11.5 Å². The van der Waals surface area contributed by atoms with Gasteiger partial charge in [0, 0.05) is 18.3 Å². The molecule has 0 aromatic heterocycles. The maximum absolute atomic E-state index is 13.0. The van der Waals surface area contributed by atoms with E-state index < -0.39 is 9.84 Å². The molecule has 1 heterocycles. The van der Waals surface area contributed by atoms with Gasteiger partial charge >= 0.3 is 0 Å². The van der Waals surface area contributed by atoms with Crippen LogP contribution in [0.3, 0.4) is 0 Å². The summed E-state index contributed by atoms with van der Waals surface area (Å²) in [5.74, 6) is 0.00752. The third kappa shape index (κ3) is 2.95. The van der Waals surface area contributed by atoms with E-state index in [0.717, 1.165) is 5.69 Å². The van der Waals surface area contributed by atoms with Crippen molar-refractivity contribution in [1.29, 1.82) is 0 Å². The highest BCUT2D eigenvalue weighted by Gasteiger charge is 2.27. The van der Waals surface area contributed by atoms with Crippen molar-refractivity contribution in [2.24, 2.45) is 5.73 Å². The Morgan fingerprint density at radius 1 is 1.47 bits per heavy atom. The van der Waals surface area contributed by atoms with Gasteiger partial charge in [0.25, 0.3) is 0 Å². The average molecular weight is 258 g/mol. The maximum Gasteiger partial charge on any atom is 0.152 e. The van der Waals surface area contributed by atoms with Crippen LogP contribution < -0.4 is 11.1 Å². The van der Waals surface area contributed by atoms with Crippen molar-refractivity contribution in [2.45, 2.75) is 19.0 Å². The molecule has 17 heavy (non-hydrogen) atoms. The molecule has 0 amide bonds. The summed E-state index contributed by atoms with van der Waals surface area (Å²) in [6.07, 6.45) is 0.587. The molecule has 1 unspecified atom stereocenters. The van der Waals surface area contributed by atoms with E-state index in [1.54, 1.807) is 6.07 Å². The SMILES string of the molecule is NCc1cc(F)ccc1NC1CCS(=O)(=O)C1. The highest BCUT2D eigenvalue weighted by atomic mass is 32.2. The third-order valence-corrected chi connectivity index (χ3v) is 4.65. The molecule has 3 N–H and O–H groups in total. The van der Waals surface area contributed by atoms with Crippen LogP contribution in [0.15, 0.2) is 18.2 Å². The Morgan fingerprint density at radius 2 is 2.24 bits per heavy atom. The van der Waals surface area contributed by atoms with Crippen molar-refractivity contribution >= 4 is 15.5 Å². The van der Waals surface area contributed by atoms with Gasteiger partial charge in [-0.25, -0.2) is 12.8 Å². The van der Waals surface area contributed by atoms with Crippen LogP contribution in [0, 0.1) is 5.82 Å². The fraction of sp³-hybridized carbons (Fsp3) is 0.455. The van der Waals surface area contributed by atoms with Crippen molar-refractivity contribution < 1.29 is 12.8 Å². The molecular formula is C11H15FN2O2S. The van der Waals surface area contributed by atoms with E-state index in [0.29, 0.717) is 12.0 Å². The van der Waals surface area contributed by atoms with Crippen molar-refractivity contribution in [1.82, 2.24) is 0 Å². The van der Waals surface area contributed by atoms with Gasteiger partial charge in [-0.1, -0.05) is 0 Å². The normalized spacial score (nSPS) is 22.6. The number of nitrogens with two attached hydrogens (primary N) is 1. The zero-order valence-electron chi connectivity index (χ0n) is 9.32. The molecule has 0 saturated carbocycles. The summed E-state index contributed by atoms with van der Waals surface area (Å²) in [6.45, 7) is 0.222. The smallest absolute Gasteiger partial charge is 0.152 e. The topological polar surface area (TPSA) is 72.2 Å². The fourth-order valence-corrected chi connectivity index (χ4v) is 3.67. The minimum atomic E-state index is -2.91. The summed E-state index contributed by atoms with van der Waals surface area (Å²) in [5.41, 5.74) is 6.90. The zero-order chi connectivity index (χ0) is 12.5. The van der Waals surface area contributed by atoms with Crippen LogP contribution in [0.1, 0.15) is 12.0 Å². The van der Waals surface area contributed by atoms with Gasteiger partial charge < -0.3 is 11.1 Å². The van der Waals surface area contributed by atoms with Crippen LogP contribution in [-0.2, 0) is 16.4 Å². The number of nitrogens with one attached hydrogen (secondary N) is 1. The van der Waals surface area contributed by atoms with Crippen LogP contribution in [0.5, 0.6) is 0 Å². The van der Waals surface area contributed by atoms with Crippen molar-refractivity contribution in [2.75, 3.05) is 16.8 Å². The highest BCUT2D eigenvalue weighted by Crippen LogP contribution is 2.21. The molecule has 1 aliphatic heterocycles. The number of anilines is 1. The fourth-order valence-electron chi connectivity index (χ4n) is 2.00. The lowest BCUT2D eigenvalue weighted by Crippen LogP contribution is -2.21. The van der Waals surface area contributed by atoms with E-state index in [9.17, 15) is 12.8 Å². The highest BCUT2D eigenvalue weighted by molar-refractivity contribution is 7.91. The molecule has 1 saturated heterocycles. The Balaban J connectivity index is 2.14. The molecule has 1 aromatic carbocycles. The first kappa shape index (κ1) is 12.3. The summed E-state index contributed by atoms with van der Waals surface area (Å²) in [4.78, 5) is 0. The predicted molar refractivity (Wildman–Crippen MR) is 65.0 cm³/mol. The minimum Gasteiger partial charge on any atom is -0.381 e. The Bertz CT molecular complexity index is 516. The Hall–Kier alpha value is -1.14. The Labute approximate surface area is 99.9 Å². The van der Waals surface area contributed by atoms with E-state index in [-0.39, 0.29) is 29.9 Å². The molecule has 0 spiro atoms. The first-order chi connectivity index (χ1) is 8.00. The summed E-state index contributed by atoms with van der Waals surface area (Å²) >= 11 is 0. The van der Waals surface area contributed by atoms with Crippen LogP contribution in [0.4, 0.5) is 10.1 Å². The molecule has 1 atom stereocenters. The van der Waals surface area contributed by atoms with E-state index in [1.807, 2.05) is 0 Å². The average Bonchev–Trinajstić information content (AvgIpc) is 2.61. The molecule has 1 aliphatic rings. The van der Waals surface area contributed by atoms with E-state index in [4.69, 9.17) is 5.73 Å². The molecule has 94 valence electrons. The Morgan fingerprint density at radius 3 is 2.82 bits per heavy atom. The summed E-state index contributed by atoms with van der Waals surface area (Å²) < 4.78 is 35.6. The second kappa shape index (κ2) is 4.62. The lowest BCUT2D eigenvalue weighted by Gasteiger charge is -2.15. The van der Waals surface area contributed by atoms with Crippen molar-refractivity contribution in [3.05, 3.63) is 29.6 Å². The largest absolute Gasteiger partial charge is 0.381 e. The molecule has 0 aliphatic carbocycles. The number of hydrogen-bond acceptors (Lipinski definition) is 4. The zero-order valence-corrected chi connectivity index (χ0v) is 10.1. The first-order valence-corrected chi connectivity index (χ1v) is 7.28. The lowest BCUT2D eigenvalue weighted by molar-refractivity contribution is 0.601. The van der Waals surface area contributed by atoms with Crippen LogP contribution in [0.25, 0.3) is 0 Å². The third-order valence-electron chi connectivity index (χ3n) is 2.88. The van der Waals surface area contributed by atoms with Gasteiger partial charge in [0.1, 0.15) is 5.82 Å². The molecule has 0 bridgehead atoms. The molecule has 2 rings (SSSR count). The second-order valence-corrected chi connectivity index (χ2v) is 6.48. The number of sulfone groups is 1. The number of rotatable bonds is 3. The first-order valence-electron chi connectivity index (χ1n) is 5.45. The van der Waals surface area contributed by atoms with E-state index in [2.05, 4.69) is 5.32 Å². The standard InChI is InChI=1S/C11H15FN2O2S/c12-9-1-2-11(8(5-9)6-13)14-10-3-4-17(15,16)7-10/h1-2,5,10,14H,3-4,6-7,13H2. The predicted octanol–water partition coefficient (Wildman–Crippen LogP) is 0.883. The van der Waals surface area contributed by atoms with Gasteiger partial charge in [0.15, 0.2) is 9.84 Å². The van der Waals surface area contributed by atoms with Crippen LogP contribution in [0.2, 0.25) is 0 Å². The summed E-state index contributed by atoms with van der Waals surface area (Å²) in [5, 5.41) is 3.12. The van der Waals surface area contributed by atoms with Gasteiger partial charge in [-0.2, -0.15) is 0 Å². The number of benzene rings is 1. The maximum atomic E-state index is 13.0.